The molecule has 0 saturated heterocycles. The van der Waals surface area contributed by atoms with Crippen molar-refractivity contribution in [1.29, 1.82) is 0 Å². The molecule has 0 radical (unpaired) electrons. The zero-order valence-corrected chi connectivity index (χ0v) is 8.23. The maximum absolute atomic E-state index is 13.5. The second-order valence-electron chi connectivity index (χ2n) is 3.23. The normalized spacial score (nSPS) is 10.2. The molecule has 15 heavy (non-hydrogen) atoms. The van der Waals surface area contributed by atoms with E-state index < -0.39 is 0 Å². The zero-order valence-electron chi connectivity index (χ0n) is 8.23. The Kier molecular flexibility index (Phi) is 2.63. The molecule has 0 aliphatic rings. The first-order valence-corrected chi connectivity index (χ1v) is 4.70. The summed E-state index contributed by atoms with van der Waals surface area (Å²) < 4.78 is 15.0. The van der Waals surface area contributed by atoms with Crippen LogP contribution in [0.2, 0.25) is 0 Å². The zero-order chi connectivity index (χ0) is 10.7. The Labute approximate surface area is 87.7 Å². The molecule has 0 spiro atoms. The van der Waals surface area contributed by atoms with Crippen LogP contribution in [-0.4, -0.2) is 9.78 Å². The maximum Gasteiger partial charge on any atom is 0.148 e. The highest BCUT2D eigenvalue weighted by Gasteiger charge is 2.04. The van der Waals surface area contributed by atoms with Gasteiger partial charge in [-0.2, -0.15) is 5.10 Å². The summed E-state index contributed by atoms with van der Waals surface area (Å²) in [5.74, 6) is -0.272. The molecule has 2 nitrogen and oxygen atoms in total. The van der Waals surface area contributed by atoms with Gasteiger partial charge in [0.25, 0.3) is 0 Å². The Bertz CT molecular complexity index is 460. The van der Waals surface area contributed by atoms with Crippen molar-refractivity contribution in [3.05, 3.63) is 60.7 Å². The SMILES string of the molecule is C=CCc1ccc(F)c(-n2cccn2)c1. The summed E-state index contributed by atoms with van der Waals surface area (Å²) in [4.78, 5) is 0. The first kappa shape index (κ1) is 9.65. The van der Waals surface area contributed by atoms with E-state index in [-0.39, 0.29) is 5.82 Å². The number of hydrogen-bond acceptors (Lipinski definition) is 1. The molecular weight excluding hydrogens is 191 g/mol. The number of aromatic nitrogens is 2. The molecule has 0 saturated carbocycles. The largest absolute Gasteiger partial charge is 0.238 e. The molecule has 0 atom stereocenters. The van der Waals surface area contributed by atoms with Crippen LogP contribution in [0.5, 0.6) is 0 Å². The van der Waals surface area contributed by atoms with E-state index in [1.807, 2.05) is 0 Å². The molecule has 0 aliphatic carbocycles. The fourth-order valence-electron chi connectivity index (χ4n) is 1.44. The monoisotopic (exact) mass is 202 g/mol. The number of allylic oxidation sites excluding steroid dienone is 1. The summed E-state index contributed by atoms with van der Waals surface area (Å²) in [7, 11) is 0. The van der Waals surface area contributed by atoms with Crippen molar-refractivity contribution in [3.8, 4) is 5.69 Å². The van der Waals surface area contributed by atoms with Crippen LogP contribution in [0.15, 0.2) is 49.3 Å². The van der Waals surface area contributed by atoms with Crippen molar-refractivity contribution in [3.63, 3.8) is 0 Å². The molecule has 76 valence electrons. The lowest BCUT2D eigenvalue weighted by Crippen LogP contribution is -1.99. The Balaban J connectivity index is 2.45. The van der Waals surface area contributed by atoms with Crippen LogP contribution >= 0.6 is 0 Å². The van der Waals surface area contributed by atoms with E-state index in [0.29, 0.717) is 5.69 Å². The van der Waals surface area contributed by atoms with Crippen molar-refractivity contribution in [2.45, 2.75) is 6.42 Å². The smallest absolute Gasteiger partial charge is 0.148 e. The van der Waals surface area contributed by atoms with Crippen LogP contribution < -0.4 is 0 Å². The average Bonchev–Trinajstić information content (AvgIpc) is 2.74. The van der Waals surface area contributed by atoms with Crippen LogP contribution in [-0.2, 0) is 6.42 Å². The van der Waals surface area contributed by atoms with Gasteiger partial charge in [0.05, 0.1) is 0 Å². The van der Waals surface area contributed by atoms with Crippen molar-refractivity contribution >= 4 is 0 Å². The third-order valence-electron chi connectivity index (χ3n) is 2.14. The Morgan fingerprint density at radius 3 is 3.00 bits per heavy atom. The summed E-state index contributed by atoms with van der Waals surface area (Å²) in [5.41, 5.74) is 1.50. The Hall–Kier alpha value is -1.90. The van der Waals surface area contributed by atoms with Gasteiger partial charge in [0.2, 0.25) is 0 Å². The van der Waals surface area contributed by atoms with Crippen LogP contribution in [0.4, 0.5) is 4.39 Å². The van der Waals surface area contributed by atoms with E-state index in [1.54, 1.807) is 36.7 Å². The lowest BCUT2D eigenvalue weighted by atomic mass is 10.1. The predicted octanol–water partition coefficient (Wildman–Crippen LogP) is 2.74. The Morgan fingerprint density at radius 1 is 1.47 bits per heavy atom. The van der Waals surface area contributed by atoms with E-state index in [0.717, 1.165) is 12.0 Å². The van der Waals surface area contributed by atoms with Crippen LogP contribution in [0.1, 0.15) is 5.56 Å². The predicted molar refractivity (Wildman–Crippen MR) is 57.4 cm³/mol. The second kappa shape index (κ2) is 4.09. The van der Waals surface area contributed by atoms with Crippen LogP contribution in [0.3, 0.4) is 0 Å². The van der Waals surface area contributed by atoms with E-state index in [1.165, 1.54) is 10.7 Å². The molecule has 3 heteroatoms. The fraction of sp³-hybridized carbons (Fsp3) is 0.0833. The van der Waals surface area contributed by atoms with Gasteiger partial charge in [-0.15, -0.1) is 6.58 Å². The fourth-order valence-corrected chi connectivity index (χ4v) is 1.44. The van der Waals surface area contributed by atoms with Gasteiger partial charge in [-0.3, -0.25) is 0 Å². The van der Waals surface area contributed by atoms with Gasteiger partial charge >= 0.3 is 0 Å². The van der Waals surface area contributed by atoms with E-state index in [9.17, 15) is 4.39 Å². The second-order valence-corrected chi connectivity index (χ2v) is 3.23. The number of hydrogen-bond donors (Lipinski definition) is 0. The quantitative estimate of drug-likeness (QED) is 0.700. The molecule has 1 heterocycles. The highest BCUT2D eigenvalue weighted by Crippen LogP contribution is 2.15. The third kappa shape index (κ3) is 1.96. The molecule has 0 N–H and O–H groups in total. The van der Waals surface area contributed by atoms with Crippen molar-refractivity contribution in [1.82, 2.24) is 9.78 Å². The minimum absolute atomic E-state index is 0.272. The molecule has 0 aliphatic heterocycles. The first-order chi connectivity index (χ1) is 7.31. The molecule has 2 aromatic rings. The maximum atomic E-state index is 13.5. The van der Waals surface area contributed by atoms with Gasteiger partial charge in [0, 0.05) is 12.4 Å². The lowest BCUT2D eigenvalue weighted by Gasteiger charge is -2.05. The number of benzene rings is 1. The molecule has 0 bridgehead atoms. The number of halogens is 1. The third-order valence-corrected chi connectivity index (χ3v) is 2.14. The van der Waals surface area contributed by atoms with Gasteiger partial charge in [-0.05, 0) is 30.2 Å². The van der Waals surface area contributed by atoms with Crippen molar-refractivity contribution in [2.24, 2.45) is 0 Å². The average molecular weight is 202 g/mol. The highest BCUT2D eigenvalue weighted by atomic mass is 19.1. The molecule has 1 aromatic heterocycles. The minimum Gasteiger partial charge on any atom is -0.238 e. The topological polar surface area (TPSA) is 17.8 Å². The van der Waals surface area contributed by atoms with E-state index >= 15 is 0 Å². The van der Waals surface area contributed by atoms with Crippen LogP contribution in [0, 0.1) is 5.82 Å². The summed E-state index contributed by atoms with van der Waals surface area (Å²) >= 11 is 0. The Morgan fingerprint density at radius 2 is 2.33 bits per heavy atom. The molecule has 2 rings (SSSR count). The highest BCUT2D eigenvalue weighted by molar-refractivity contribution is 5.37. The van der Waals surface area contributed by atoms with E-state index in [4.69, 9.17) is 0 Å². The molecular formula is C12H11FN2. The van der Waals surface area contributed by atoms with Gasteiger partial charge < -0.3 is 0 Å². The summed E-state index contributed by atoms with van der Waals surface area (Å²) in [6.07, 6.45) is 5.87. The molecule has 1 aromatic carbocycles. The van der Waals surface area contributed by atoms with Crippen LogP contribution in [0.25, 0.3) is 5.69 Å². The lowest BCUT2D eigenvalue weighted by molar-refractivity contribution is 0.610. The minimum atomic E-state index is -0.272. The van der Waals surface area contributed by atoms with Gasteiger partial charge in [0.1, 0.15) is 11.5 Å². The number of nitrogens with zero attached hydrogens (tertiary/aromatic N) is 2. The molecule has 0 fully saturated rings. The molecule has 0 amide bonds. The van der Waals surface area contributed by atoms with Gasteiger partial charge in [-0.25, -0.2) is 9.07 Å². The van der Waals surface area contributed by atoms with Crippen molar-refractivity contribution in [2.75, 3.05) is 0 Å². The van der Waals surface area contributed by atoms with Gasteiger partial charge in [-0.1, -0.05) is 12.1 Å². The summed E-state index contributed by atoms with van der Waals surface area (Å²) in [5, 5.41) is 4.00. The molecule has 0 unspecified atom stereocenters. The number of rotatable bonds is 3. The van der Waals surface area contributed by atoms with Gasteiger partial charge in [0.15, 0.2) is 0 Å². The van der Waals surface area contributed by atoms with Crippen molar-refractivity contribution < 1.29 is 4.39 Å². The van der Waals surface area contributed by atoms with E-state index in [2.05, 4.69) is 11.7 Å². The standard InChI is InChI=1S/C12H11FN2/c1-2-4-10-5-6-11(13)12(9-10)15-8-3-7-14-15/h2-3,5-9H,1,4H2. The summed E-state index contributed by atoms with van der Waals surface area (Å²) in [6.45, 7) is 3.65. The summed E-state index contributed by atoms with van der Waals surface area (Å²) in [6, 6.07) is 6.75. The first-order valence-electron chi connectivity index (χ1n) is 4.70.